The van der Waals surface area contributed by atoms with Gasteiger partial charge in [-0.2, -0.15) is 0 Å². The Morgan fingerprint density at radius 1 is 1.12 bits per heavy atom. The highest BCUT2D eigenvalue weighted by molar-refractivity contribution is 7.10. The van der Waals surface area contributed by atoms with Crippen molar-refractivity contribution in [3.63, 3.8) is 0 Å². The minimum absolute atomic E-state index is 0.0214. The number of ketones is 1. The fourth-order valence-corrected chi connectivity index (χ4v) is 3.82. The van der Waals surface area contributed by atoms with E-state index in [9.17, 15) is 9.59 Å². The van der Waals surface area contributed by atoms with Crippen molar-refractivity contribution >= 4 is 23.0 Å². The molecule has 2 heterocycles. The van der Waals surface area contributed by atoms with Crippen molar-refractivity contribution in [1.29, 1.82) is 0 Å². The summed E-state index contributed by atoms with van der Waals surface area (Å²) in [5, 5.41) is 5.05. The maximum atomic E-state index is 12.4. The molecule has 2 aromatic rings. The van der Waals surface area contributed by atoms with Gasteiger partial charge >= 0.3 is 0 Å². The van der Waals surface area contributed by atoms with Crippen molar-refractivity contribution in [2.75, 3.05) is 13.2 Å². The van der Waals surface area contributed by atoms with E-state index in [0.717, 1.165) is 4.88 Å². The molecule has 0 saturated carbocycles. The van der Waals surface area contributed by atoms with E-state index in [1.54, 1.807) is 29.5 Å². The van der Waals surface area contributed by atoms with Crippen molar-refractivity contribution in [1.82, 2.24) is 5.32 Å². The summed E-state index contributed by atoms with van der Waals surface area (Å²) < 4.78 is 11.0. The van der Waals surface area contributed by atoms with Gasteiger partial charge in [-0.15, -0.1) is 11.3 Å². The predicted octanol–water partition coefficient (Wildman–Crippen LogP) is 4.00. The number of rotatable bonds is 7. The van der Waals surface area contributed by atoms with Crippen LogP contribution in [-0.2, 0) is 4.79 Å². The fraction of sp³-hybridized carbons (Fsp3) is 0.400. The quantitative estimate of drug-likeness (QED) is 0.745. The van der Waals surface area contributed by atoms with E-state index in [1.165, 1.54) is 0 Å². The molecule has 1 unspecified atom stereocenters. The number of hydrogen-bond acceptors (Lipinski definition) is 5. The molecule has 1 aromatic heterocycles. The molecule has 6 heteroatoms. The molecule has 0 spiro atoms. The summed E-state index contributed by atoms with van der Waals surface area (Å²) in [6.07, 6.45) is 0.336. The van der Waals surface area contributed by atoms with E-state index >= 15 is 0 Å². The first-order valence-electron chi connectivity index (χ1n) is 8.80. The van der Waals surface area contributed by atoms with Gasteiger partial charge in [0.1, 0.15) is 13.2 Å². The highest BCUT2D eigenvalue weighted by atomic mass is 32.1. The molecular weight excluding hydrogens is 350 g/mol. The maximum absolute atomic E-state index is 12.4. The molecule has 26 heavy (non-hydrogen) atoms. The first-order chi connectivity index (χ1) is 12.5. The molecule has 0 saturated heterocycles. The summed E-state index contributed by atoms with van der Waals surface area (Å²) in [6, 6.07) is 9.14. The molecule has 1 aliphatic rings. The molecule has 1 N–H and O–H groups in total. The second-order valence-electron chi connectivity index (χ2n) is 6.59. The number of hydrogen-bond donors (Lipinski definition) is 1. The van der Waals surface area contributed by atoms with Gasteiger partial charge in [-0.25, -0.2) is 0 Å². The van der Waals surface area contributed by atoms with Gasteiger partial charge in [-0.3, -0.25) is 9.59 Å². The van der Waals surface area contributed by atoms with Crippen LogP contribution in [-0.4, -0.2) is 24.9 Å². The van der Waals surface area contributed by atoms with Gasteiger partial charge < -0.3 is 14.8 Å². The Kier molecular flexibility index (Phi) is 5.93. The van der Waals surface area contributed by atoms with Crippen molar-refractivity contribution in [3.05, 3.63) is 46.2 Å². The molecule has 138 valence electrons. The van der Waals surface area contributed by atoms with E-state index in [4.69, 9.17) is 9.47 Å². The van der Waals surface area contributed by atoms with Crippen LogP contribution in [0.15, 0.2) is 35.7 Å². The van der Waals surface area contributed by atoms with Crippen LogP contribution >= 0.6 is 11.3 Å². The van der Waals surface area contributed by atoms with Crippen LogP contribution in [0.3, 0.4) is 0 Å². The zero-order valence-corrected chi connectivity index (χ0v) is 15.8. The molecule has 5 nitrogen and oxygen atoms in total. The lowest BCUT2D eigenvalue weighted by Crippen LogP contribution is -2.31. The maximum Gasteiger partial charge on any atom is 0.220 e. The van der Waals surface area contributed by atoms with Crippen molar-refractivity contribution < 1.29 is 19.1 Å². The van der Waals surface area contributed by atoms with Crippen LogP contribution in [0.5, 0.6) is 11.5 Å². The van der Waals surface area contributed by atoms with Crippen molar-refractivity contribution in [3.8, 4) is 11.5 Å². The monoisotopic (exact) mass is 373 g/mol. The molecule has 0 radical (unpaired) electrons. The van der Waals surface area contributed by atoms with E-state index in [2.05, 4.69) is 19.2 Å². The summed E-state index contributed by atoms with van der Waals surface area (Å²) in [4.78, 5) is 25.9. The Morgan fingerprint density at radius 2 is 1.88 bits per heavy atom. The lowest BCUT2D eigenvalue weighted by Gasteiger charge is -2.21. The third-order valence-corrected chi connectivity index (χ3v) is 5.23. The van der Waals surface area contributed by atoms with E-state index in [-0.39, 0.29) is 36.5 Å². The van der Waals surface area contributed by atoms with Crippen LogP contribution in [0, 0.1) is 5.92 Å². The Balaban J connectivity index is 1.56. The minimum atomic E-state index is -0.108. The van der Waals surface area contributed by atoms with Gasteiger partial charge in [0, 0.05) is 23.3 Å². The number of carbonyl (C=O) groups excluding carboxylic acids is 2. The number of thiophene rings is 1. The minimum Gasteiger partial charge on any atom is -0.486 e. The van der Waals surface area contributed by atoms with E-state index < -0.39 is 0 Å². The molecular formula is C20H23NO4S. The van der Waals surface area contributed by atoms with Gasteiger partial charge in [-0.05, 0) is 35.6 Å². The average Bonchev–Trinajstić information content (AvgIpc) is 3.17. The SMILES string of the molecule is CC(C)C(NC(=O)CCC(=O)c1ccc2c(c1)OCCO2)c1cccs1. The number of fused-ring (bicyclic) bond motifs is 1. The predicted molar refractivity (Wildman–Crippen MR) is 101 cm³/mol. The summed E-state index contributed by atoms with van der Waals surface area (Å²) >= 11 is 1.63. The normalized spacial score (nSPS) is 14.1. The van der Waals surface area contributed by atoms with Crippen LogP contribution in [0.1, 0.15) is 48.0 Å². The van der Waals surface area contributed by atoms with Crippen molar-refractivity contribution in [2.24, 2.45) is 5.92 Å². The van der Waals surface area contributed by atoms with E-state index in [1.807, 2.05) is 17.5 Å². The number of benzene rings is 1. The Morgan fingerprint density at radius 3 is 2.58 bits per heavy atom. The van der Waals surface area contributed by atoms with Crippen LogP contribution in [0.2, 0.25) is 0 Å². The largest absolute Gasteiger partial charge is 0.486 e. The molecule has 1 aromatic carbocycles. The molecule has 0 bridgehead atoms. The molecule has 0 aliphatic carbocycles. The average molecular weight is 373 g/mol. The lowest BCUT2D eigenvalue weighted by atomic mass is 10.0. The first-order valence-corrected chi connectivity index (χ1v) is 9.68. The third kappa shape index (κ3) is 4.43. The Bertz CT molecular complexity index is 770. The number of amides is 1. The summed E-state index contributed by atoms with van der Waals surface area (Å²) in [5.41, 5.74) is 0.542. The smallest absolute Gasteiger partial charge is 0.220 e. The van der Waals surface area contributed by atoms with Crippen LogP contribution < -0.4 is 14.8 Å². The summed E-state index contributed by atoms with van der Waals surface area (Å²) in [5.74, 6) is 1.34. The summed E-state index contributed by atoms with van der Waals surface area (Å²) in [7, 11) is 0. The Labute approximate surface area is 157 Å². The third-order valence-electron chi connectivity index (χ3n) is 4.28. The Hall–Kier alpha value is -2.34. The van der Waals surface area contributed by atoms with Crippen LogP contribution in [0.25, 0.3) is 0 Å². The van der Waals surface area contributed by atoms with Gasteiger partial charge in [0.25, 0.3) is 0 Å². The second-order valence-corrected chi connectivity index (χ2v) is 7.57. The molecule has 1 amide bonds. The van der Waals surface area contributed by atoms with Gasteiger partial charge in [0.15, 0.2) is 17.3 Å². The topological polar surface area (TPSA) is 64.6 Å². The number of carbonyl (C=O) groups is 2. The van der Waals surface area contributed by atoms with Gasteiger partial charge in [0.05, 0.1) is 6.04 Å². The van der Waals surface area contributed by atoms with Crippen molar-refractivity contribution in [2.45, 2.75) is 32.7 Å². The summed E-state index contributed by atoms with van der Waals surface area (Å²) in [6.45, 7) is 5.14. The van der Waals surface area contributed by atoms with E-state index in [0.29, 0.717) is 30.3 Å². The molecule has 3 rings (SSSR count). The zero-order chi connectivity index (χ0) is 18.5. The standard InChI is InChI=1S/C20H23NO4S/c1-13(2)20(18-4-3-11-26-18)21-19(23)8-6-15(22)14-5-7-16-17(12-14)25-10-9-24-16/h3-5,7,11-13,20H,6,8-10H2,1-2H3,(H,21,23). The van der Waals surface area contributed by atoms with Crippen LogP contribution in [0.4, 0.5) is 0 Å². The number of nitrogens with one attached hydrogen (secondary N) is 1. The number of Topliss-reactive ketones (excluding diaryl/α,β-unsaturated/α-hetero) is 1. The first kappa shape index (κ1) is 18.5. The number of ether oxygens (including phenoxy) is 2. The zero-order valence-electron chi connectivity index (χ0n) is 15.0. The molecule has 0 fully saturated rings. The second kappa shape index (κ2) is 8.36. The van der Waals surface area contributed by atoms with Gasteiger partial charge in [-0.1, -0.05) is 19.9 Å². The van der Waals surface area contributed by atoms with Gasteiger partial charge in [0.2, 0.25) is 5.91 Å². The lowest BCUT2D eigenvalue weighted by molar-refractivity contribution is -0.122. The fourth-order valence-electron chi connectivity index (χ4n) is 2.87. The highest BCUT2D eigenvalue weighted by Crippen LogP contribution is 2.31. The molecule has 1 aliphatic heterocycles. The molecule has 1 atom stereocenters. The highest BCUT2D eigenvalue weighted by Gasteiger charge is 2.20.